The summed E-state index contributed by atoms with van der Waals surface area (Å²) in [4.78, 5) is 12.5. The van der Waals surface area contributed by atoms with Crippen LogP contribution in [0.1, 0.15) is 34.9 Å². The molecule has 1 aliphatic carbocycles. The minimum Gasteiger partial charge on any atom is -0.350 e. The number of amides is 1. The summed E-state index contributed by atoms with van der Waals surface area (Å²) in [5.41, 5.74) is 2.62. The van der Waals surface area contributed by atoms with Crippen LogP contribution < -0.4 is 10.6 Å². The summed E-state index contributed by atoms with van der Waals surface area (Å²) in [6.45, 7) is 2.71. The van der Waals surface area contributed by atoms with Gasteiger partial charge in [0.25, 0.3) is 5.91 Å². The van der Waals surface area contributed by atoms with Crippen LogP contribution in [0.25, 0.3) is 5.69 Å². The first-order valence-electron chi connectivity index (χ1n) is 7.95. The van der Waals surface area contributed by atoms with Gasteiger partial charge in [0.2, 0.25) is 0 Å². The van der Waals surface area contributed by atoms with Gasteiger partial charge in [-0.3, -0.25) is 4.79 Å². The third-order valence-electron chi connectivity index (χ3n) is 4.37. The highest BCUT2D eigenvalue weighted by Gasteiger charge is 2.29. The normalized spacial score (nSPS) is 18.0. The number of nitrogens with one attached hydrogen (secondary N) is 2. The van der Waals surface area contributed by atoms with Crippen LogP contribution in [0, 0.1) is 5.92 Å². The zero-order valence-corrected chi connectivity index (χ0v) is 12.5. The summed E-state index contributed by atoms with van der Waals surface area (Å²) in [6, 6.07) is 11.8. The number of aromatic nitrogens is 2. The van der Waals surface area contributed by atoms with Gasteiger partial charge in [0, 0.05) is 31.5 Å². The Kier molecular flexibility index (Phi) is 3.42. The second-order valence-corrected chi connectivity index (χ2v) is 6.21. The number of rotatable bonds is 5. The molecule has 2 heterocycles. The smallest absolute Gasteiger partial charge is 0.270 e. The molecular weight excluding hydrogens is 276 g/mol. The first kappa shape index (κ1) is 13.5. The van der Waals surface area contributed by atoms with Gasteiger partial charge >= 0.3 is 0 Å². The van der Waals surface area contributed by atoms with E-state index in [1.54, 1.807) is 4.68 Å². The first-order valence-corrected chi connectivity index (χ1v) is 7.95. The molecule has 4 rings (SSSR count). The molecule has 2 fully saturated rings. The molecule has 1 amide bonds. The number of para-hydroxylation sites is 1. The van der Waals surface area contributed by atoms with Gasteiger partial charge in [-0.05, 0) is 31.0 Å². The molecule has 2 N–H and O–H groups in total. The van der Waals surface area contributed by atoms with Crippen LogP contribution in [0.4, 0.5) is 0 Å². The van der Waals surface area contributed by atoms with Crippen molar-refractivity contribution in [2.75, 3.05) is 19.6 Å². The molecule has 1 saturated carbocycles. The topological polar surface area (TPSA) is 59.0 Å². The highest BCUT2D eigenvalue weighted by atomic mass is 16.2. The van der Waals surface area contributed by atoms with Crippen LogP contribution in [-0.4, -0.2) is 35.3 Å². The van der Waals surface area contributed by atoms with Crippen molar-refractivity contribution in [1.29, 1.82) is 0 Å². The van der Waals surface area contributed by atoms with Crippen molar-refractivity contribution < 1.29 is 4.79 Å². The van der Waals surface area contributed by atoms with Crippen molar-refractivity contribution in [3.63, 3.8) is 0 Å². The largest absolute Gasteiger partial charge is 0.350 e. The lowest BCUT2D eigenvalue weighted by molar-refractivity contribution is 0.0934. The molecule has 0 radical (unpaired) electrons. The summed E-state index contributed by atoms with van der Waals surface area (Å²) >= 11 is 0. The van der Waals surface area contributed by atoms with Gasteiger partial charge in [-0.1, -0.05) is 18.2 Å². The maximum Gasteiger partial charge on any atom is 0.270 e. The Labute approximate surface area is 129 Å². The minimum absolute atomic E-state index is 0.0323. The van der Waals surface area contributed by atoms with Gasteiger partial charge in [0.05, 0.1) is 11.4 Å². The molecule has 1 saturated heterocycles. The Hall–Kier alpha value is -2.14. The van der Waals surface area contributed by atoms with E-state index in [0.29, 0.717) is 17.5 Å². The molecule has 5 heteroatoms. The molecule has 0 atom stereocenters. The summed E-state index contributed by atoms with van der Waals surface area (Å²) < 4.78 is 1.78. The molecule has 1 aliphatic heterocycles. The van der Waals surface area contributed by atoms with E-state index < -0.39 is 0 Å². The highest BCUT2D eigenvalue weighted by molar-refractivity contribution is 5.93. The third-order valence-corrected chi connectivity index (χ3v) is 4.37. The Bertz CT molecular complexity index is 671. The lowest BCUT2D eigenvalue weighted by Gasteiger charge is -2.27. The Morgan fingerprint density at radius 2 is 2.05 bits per heavy atom. The van der Waals surface area contributed by atoms with Gasteiger partial charge in [-0.15, -0.1) is 0 Å². The van der Waals surface area contributed by atoms with E-state index in [1.165, 1.54) is 12.8 Å². The molecule has 2 aliphatic rings. The minimum atomic E-state index is -0.0323. The molecule has 22 heavy (non-hydrogen) atoms. The van der Waals surface area contributed by atoms with Crippen LogP contribution in [0.15, 0.2) is 36.4 Å². The van der Waals surface area contributed by atoms with Crippen molar-refractivity contribution in [3.05, 3.63) is 47.8 Å². The zero-order chi connectivity index (χ0) is 14.9. The van der Waals surface area contributed by atoms with E-state index in [0.717, 1.165) is 31.0 Å². The van der Waals surface area contributed by atoms with Crippen LogP contribution in [0.5, 0.6) is 0 Å². The number of nitrogens with zero attached hydrogens (tertiary/aromatic N) is 2. The molecular formula is C17H20N4O. The number of carbonyl (C=O) groups excluding carboxylic acids is 1. The summed E-state index contributed by atoms with van der Waals surface area (Å²) in [5, 5.41) is 10.9. The van der Waals surface area contributed by atoms with Crippen molar-refractivity contribution >= 4 is 5.91 Å². The van der Waals surface area contributed by atoms with Gasteiger partial charge in [-0.2, -0.15) is 5.10 Å². The maximum atomic E-state index is 12.5. The Morgan fingerprint density at radius 3 is 2.68 bits per heavy atom. The third kappa shape index (κ3) is 2.64. The SMILES string of the molecule is O=C(NCC1CNC1)c1cc(C2CC2)nn1-c1ccccc1. The maximum absolute atomic E-state index is 12.5. The van der Waals surface area contributed by atoms with Gasteiger partial charge in [-0.25, -0.2) is 4.68 Å². The van der Waals surface area contributed by atoms with E-state index >= 15 is 0 Å². The second-order valence-electron chi connectivity index (χ2n) is 6.21. The molecule has 2 aromatic rings. The summed E-state index contributed by atoms with van der Waals surface area (Å²) in [7, 11) is 0. The lowest BCUT2D eigenvalue weighted by Crippen LogP contribution is -2.48. The van der Waals surface area contributed by atoms with Crippen molar-refractivity contribution in [2.24, 2.45) is 5.92 Å². The molecule has 0 unspecified atom stereocenters. The fourth-order valence-corrected chi connectivity index (χ4v) is 2.73. The van der Waals surface area contributed by atoms with E-state index in [9.17, 15) is 4.79 Å². The number of hydrogen-bond acceptors (Lipinski definition) is 3. The average Bonchev–Trinajstić information content (AvgIpc) is 3.25. The Morgan fingerprint density at radius 1 is 1.27 bits per heavy atom. The molecule has 114 valence electrons. The number of benzene rings is 1. The number of carbonyl (C=O) groups is 1. The molecule has 1 aromatic carbocycles. The van der Waals surface area contributed by atoms with E-state index in [1.807, 2.05) is 36.4 Å². The monoisotopic (exact) mass is 296 g/mol. The van der Waals surface area contributed by atoms with Gasteiger partial charge in [0.15, 0.2) is 0 Å². The fraction of sp³-hybridized carbons (Fsp3) is 0.412. The summed E-state index contributed by atoms with van der Waals surface area (Å²) in [5.74, 6) is 1.06. The van der Waals surface area contributed by atoms with E-state index in [4.69, 9.17) is 0 Å². The predicted molar refractivity (Wildman–Crippen MR) is 84.2 cm³/mol. The average molecular weight is 296 g/mol. The predicted octanol–water partition coefficient (Wildman–Crippen LogP) is 1.70. The number of hydrogen-bond donors (Lipinski definition) is 2. The van der Waals surface area contributed by atoms with Crippen molar-refractivity contribution in [1.82, 2.24) is 20.4 Å². The molecule has 0 spiro atoms. The Balaban J connectivity index is 1.60. The fourth-order valence-electron chi connectivity index (χ4n) is 2.73. The van der Waals surface area contributed by atoms with Crippen LogP contribution in [-0.2, 0) is 0 Å². The van der Waals surface area contributed by atoms with Gasteiger partial charge in [0.1, 0.15) is 5.69 Å². The van der Waals surface area contributed by atoms with Crippen LogP contribution in [0.2, 0.25) is 0 Å². The highest BCUT2D eigenvalue weighted by Crippen LogP contribution is 2.39. The van der Waals surface area contributed by atoms with Crippen LogP contribution >= 0.6 is 0 Å². The second kappa shape index (κ2) is 5.57. The first-order chi connectivity index (χ1) is 10.8. The quantitative estimate of drug-likeness (QED) is 0.883. The molecule has 5 nitrogen and oxygen atoms in total. The lowest BCUT2D eigenvalue weighted by atomic mass is 10.0. The van der Waals surface area contributed by atoms with Crippen molar-refractivity contribution in [3.8, 4) is 5.69 Å². The standard InChI is InChI=1S/C17H20N4O/c22-17(19-11-12-9-18-10-12)16-8-15(13-6-7-13)20-21(16)14-4-2-1-3-5-14/h1-5,8,12-13,18H,6-7,9-11H2,(H,19,22). The zero-order valence-electron chi connectivity index (χ0n) is 12.5. The van der Waals surface area contributed by atoms with E-state index in [2.05, 4.69) is 15.7 Å². The molecule has 1 aromatic heterocycles. The molecule has 0 bridgehead atoms. The van der Waals surface area contributed by atoms with E-state index in [-0.39, 0.29) is 5.91 Å². The van der Waals surface area contributed by atoms with Crippen LogP contribution in [0.3, 0.4) is 0 Å². The summed E-state index contributed by atoms with van der Waals surface area (Å²) in [6.07, 6.45) is 2.36. The van der Waals surface area contributed by atoms with Crippen molar-refractivity contribution in [2.45, 2.75) is 18.8 Å². The van der Waals surface area contributed by atoms with Gasteiger partial charge < -0.3 is 10.6 Å².